The van der Waals surface area contributed by atoms with E-state index in [0.717, 1.165) is 0 Å². The van der Waals surface area contributed by atoms with Gasteiger partial charge in [-0.1, -0.05) is 0 Å². The number of anilines is 2. The lowest BCUT2D eigenvalue weighted by Gasteiger charge is -2.26. The van der Waals surface area contributed by atoms with Crippen LogP contribution >= 0.6 is 0 Å². The lowest BCUT2D eigenvalue weighted by Crippen LogP contribution is -2.38. The molecule has 1 aliphatic rings. The van der Waals surface area contributed by atoms with Crippen molar-refractivity contribution in [3.8, 4) is 5.88 Å². The van der Waals surface area contributed by atoms with Crippen LogP contribution in [0.1, 0.15) is 0 Å². The Morgan fingerprint density at radius 3 is 2.86 bits per heavy atom. The average molecular weight is 197 g/mol. The van der Waals surface area contributed by atoms with Crippen molar-refractivity contribution in [3.05, 3.63) is 6.07 Å². The minimum Gasteiger partial charge on any atom is -0.469 e. The summed E-state index contributed by atoms with van der Waals surface area (Å²) in [4.78, 5) is 7.72. The van der Waals surface area contributed by atoms with E-state index in [1.807, 2.05) is 0 Å². The highest BCUT2D eigenvalue weighted by atomic mass is 16.6. The van der Waals surface area contributed by atoms with Crippen LogP contribution in [0.2, 0.25) is 0 Å². The Morgan fingerprint density at radius 1 is 1.50 bits per heavy atom. The van der Waals surface area contributed by atoms with E-state index >= 15 is 0 Å². The monoisotopic (exact) mass is 197 g/mol. The molecule has 0 unspecified atom stereocenters. The van der Waals surface area contributed by atoms with Crippen molar-refractivity contribution in [1.82, 2.24) is 9.97 Å². The van der Waals surface area contributed by atoms with Gasteiger partial charge in [0.15, 0.2) is 0 Å². The van der Waals surface area contributed by atoms with Crippen molar-refractivity contribution in [2.45, 2.75) is 6.10 Å². The molecule has 5 N–H and O–H groups in total. The lowest BCUT2D eigenvalue weighted by atomic mass is 10.3. The van der Waals surface area contributed by atoms with Crippen molar-refractivity contribution in [2.75, 3.05) is 24.4 Å². The Labute approximate surface area is 80.4 Å². The molecule has 0 aliphatic carbocycles. The van der Waals surface area contributed by atoms with Gasteiger partial charge in [-0.3, -0.25) is 0 Å². The van der Waals surface area contributed by atoms with Crippen LogP contribution in [-0.2, 0) is 4.74 Å². The normalized spacial score (nSPS) is 16.1. The summed E-state index contributed by atoms with van der Waals surface area (Å²) in [7, 11) is 0. The molecule has 0 saturated carbocycles. The third kappa shape index (κ3) is 1.83. The van der Waals surface area contributed by atoms with E-state index in [1.54, 1.807) is 6.07 Å². The molecule has 0 radical (unpaired) electrons. The van der Waals surface area contributed by atoms with Gasteiger partial charge in [0.05, 0.1) is 13.2 Å². The van der Waals surface area contributed by atoms with E-state index in [0.29, 0.717) is 24.9 Å². The minimum atomic E-state index is 0.0509. The second kappa shape index (κ2) is 3.64. The Morgan fingerprint density at radius 2 is 2.29 bits per heavy atom. The first-order valence-corrected chi connectivity index (χ1v) is 4.13. The van der Waals surface area contributed by atoms with Crippen LogP contribution in [0, 0.1) is 0 Å². The average Bonchev–Trinajstić information content (AvgIpc) is 2.10. The lowest BCUT2D eigenvalue weighted by molar-refractivity contribution is -0.0812. The third-order valence-electron chi connectivity index (χ3n) is 1.76. The number of nitrogen functional groups attached to an aromatic ring is 2. The fourth-order valence-electron chi connectivity index (χ4n) is 1.03. The molecule has 1 aromatic heterocycles. The molecule has 76 valence electrons. The summed E-state index contributed by atoms with van der Waals surface area (Å²) in [6.07, 6.45) is 0.0509. The smallest absolute Gasteiger partial charge is 0.225 e. The van der Waals surface area contributed by atoms with Gasteiger partial charge in [0, 0.05) is 6.07 Å². The molecule has 0 spiro atoms. The maximum atomic E-state index is 5.44. The minimum absolute atomic E-state index is 0.0509. The van der Waals surface area contributed by atoms with Crippen molar-refractivity contribution in [1.29, 1.82) is 0 Å². The number of ether oxygens (including phenoxy) is 2. The van der Waals surface area contributed by atoms with Crippen LogP contribution < -0.4 is 21.7 Å². The van der Waals surface area contributed by atoms with Crippen molar-refractivity contribution < 1.29 is 9.47 Å². The first-order valence-electron chi connectivity index (χ1n) is 4.13. The van der Waals surface area contributed by atoms with E-state index in [2.05, 4.69) is 15.4 Å². The Bertz CT molecular complexity index is 328. The van der Waals surface area contributed by atoms with Crippen LogP contribution in [0.3, 0.4) is 0 Å². The molecular formula is C7H11N5O2. The first kappa shape index (κ1) is 8.97. The summed E-state index contributed by atoms with van der Waals surface area (Å²) in [5.41, 5.74) is 7.82. The number of nitrogens with two attached hydrogens (primary N) is 2. The molecule has 1 fully saturated rings. The number of rotatable bonds is 3. The maximum absolute atomic E-state index is 5.44. The van der Waals surface area contributed by atoms with Gasteiger partial charge in [0.25, 0.3) is 0 Å². The molecule has 7 nitrogen and oxygen atoms in total. The third-order valence-corrected chi connectivity index (χ3v) is 1.76. The second-order valence-electron chi connectivity index (χ2n) is 2.87. The summed E-state index contributed by atoms with van der Waals surface area (Å²) in [6.45, 7) is 1.16. The number of hydrogen-bond donors (Lipinski definition) is 3. The number of nitrogens with zero attached hydrogens (tertiary/aromatic N) is 2. The van der Waals surface area contributed by atoms with Crippen molar-refractivity contribution >= 4 is 11.8 Å². The van der Waals surface area contributed by atoms with E-state index in [4.69, 9.17) is 21.1 Å². The van der Waals surface area contributed by atoms with Crippen LogP contribution in [0.5, 0.6) is 5.88 Å². The SMILES string of the molecule is NNc1cc(OC2COC2)nc(N)n1. The van der Waals surface area contributed by atoms with Gasteiger partial charge < -0.3 is 20.6 Å². The highest BCUT2D eigenvalue weighted by Crippen LogP contribution is 2.17. The highest BCUT2D eigenvalue weighted by Gasteiger charge is 2.21. The van der Waals surface area contributed by atoms with Crippen LogP contribution in [0.25, 0.3) is 0 Å². The van der Waals surface area contributed by atoms with Gasteiger partial charge in [0.1, 0.15) is 11.9 Å². The van der Waals surface area contributed by atoms with Crippen LogP contribution in [0.4, 0.5) is 11.8 Å². The van der Waals surface area contributed by atoms with Crippen molar-refractivity contribution in [3.63, 3.8) is 0 Å². The molecule has 14 heavy (non-hydrogen) atoms. The molecular weight excluding hydrogens is 186 g/mol. The topological polar surface area (TPSA) is 108 Å². The highest BCUT2D eigenvalue weighted by molar-refractivity contribution is 5.41. The van der Waals surface area contributed by atoms with Gasteiger partial charge in [-0.2, -0.15) is 9.97 Å². The molecule has 2 rings (SSSR count). The summed E-state index contributed by atoms with van der Waals surface area (Å²) in [5, 5.41) is 0. The summed E-state index contributed by atoms with van der Waals surface area (Å²) in [6, 6.07) is 1.58. The molecule has 0 aromatic carbocycles. The number of hydrazine groups is 1. The fourth-order valence-corrected chi connectivity index (χ4v) is 1.03. The van der Waals surface area contributed by atoms with Gasteiger partial charge >= 0.3 is 0 Å². The second-order valence-corrected chi connectivity index (χ2v) is 2.87. The van der Waals surface area contributed by atoms with Gasteiger partial charge in [-0.15, -0.1) is 0 Å². The zero-order valence-electron chi connectivity index (χ0n) is 7.43. The Balaban J connectivity index is 2.11. The van der Waals surface area contributed by atoms with E-state index in [1.165, 1.54) is 0 Å². The number of nitrogens with one attached hydrogen (secondary N) is 1. The van der Waals surface area contributed by atoms with Gasteiger partial charge in [-0.25, -0.2) is 5.84 Å². The molecule has 2 heterocycles. The van der Waals surface area contributed by atoms with E-state index in [9.17, 15) is 0 Å². The quantitative estimate of drug-likeness (QED) is 0.426. The largest absolute Gasteiger partial charge is 0.469 e. The zero-order chi connectivity index (χ0) is 9.97. The zero-order valence-corrected chi connectivity index (χ0v) is 7.43. The molecule has 0 bridgehead atoms. The summed E-state index contributed by atoms with van der Waals surface area (Å²) < 4.78 is 10.4. The van der Waals surface area contributed by atoms with Crippen LogP contribution in [-0.4, -0.2) is 29.3 Å². The molecule has 0 atom stereocenters. The predicted octanol–water partition coefficient (Wildman–Crippen LogP) is -0.878. The summed E-state index contributed by atoms with van der Waals surface area (Å²) in [5.74, 6) is 6.14. The standard InChI is InChI=1S/C7H11N5O2/c8-7-10-5(12-9)1-6(11-7)14-4-2-13-3-4/h1,4H,2-3,9H2,(H3,8,10,11,12). The fraction of sp³-hybridized carbons (Fsp3) is 0.429. The number of hydrogen-bond acceptors (Lipinski definition) is 7. The molecule has 7 heteroatoms. The first-order chi connectivity index (χ1) is 6.78. The van der Waals surface area contributed by atoms with E-state index < -0.39 is 0 Å². The molecule has 1 aromatic rings. The van der Waals surface area contributed by atoms with E-state index in [-0.39, 0.29) is 12.1 Å². The molecule has 1 aliphatic heterocycles. The van der Waals surface area contributed by atoms with Crippen molar-refractivity contribution in [2.24, 2.45) is 5.84 Å². The van der Waals surface area contributed by atoms with Crippen LogP contribution in [0.15, 0.2) is 6.07 Å². The van der Waals surface area contributed by atoms with Gasteiger partial charge in [0.2, 0.25) is 11.8 Å². The number of aromatic nitrogens is 2. The Hall–Kier alpha value is -1.60. The molecule has 1 saturated heterocycles. The van der Waals surface area contributed by atoms with Gasteiger partial charge in [-0.05, 0) is 0 Å². The maximum Gasteiger partial charge on any atom is 0.225 e. The predicted molar refractivity (Wildman–Crippen MR) is 49.5 cm³/mol. The summed E-state index contributed by atoms with van der Waals surface area (Å²) >= 11 is 0. The molecule has 0 amide bonds. The Kier molecular flexibility index (Phi) is 2.33.